The standard InChI is InChI=1S/C10H17N3S2/c1-14-7-3-10(9-12)13(5-4-11)6-8-15-2/h10H,3,5-8H2,1-2H3. The average molecular weight is 243 g/mol. The van der Waals surface area contributed by atoms with Gasteiger partial charge in [-0.3, -0.25) is 4.90 Å². The van der Waals surface area contributed by atoms with Crippen LogP contribution in [0.3, 0.4) is 0 Å². The van der Waals surface area contributed by atoms with Gasteiger partial charge in [0.25, 0.3) is 0 Å². The van der Waals surface area contributed by atoms with E-state index in [-0.39, 0.29) is 6.04 Å². The van der Waals surface area contributed by atoms with Crippen molar-refractivity contribution in [2.45, 2.75) is 12.5 Å². The molecule has 84 valence electrons. The Morgan fingerprint density at radius 3 is 2.33 bits per heavy atom. The van der Waals surface area contributed by atoms with Gasteiger partial charge in [-0.05, 0) is 24.7 Å². The molecule has 0 N–H and O–H groups in total. The fourth-order valence-corrected chi connectivity index (χ4v) is 2.08. The van der Waals surface area contributed by atoms with Crippen LogP contribution < -0.4 is 0 Å². The highest BCUT2D eigenvalue weighted by molar-refractivity contribution is 7.98. The zero-order valence-electron chi connectivity index (χ0n) is 9.27. The highest BCUT2D eigenvalue weighted by Crippen LogP contribution is 2.08. The number of hydrogen-bond donors (Lipinski definition) is 0. The second kappa shape index (κ2) is 10.2. The number of nitrogens with zero attached hydrogens (tertiary/aromatic N) is 3. The minimum absolute atomic E-state index is 0.107. The first kappa shape index (κ1) is 14.6. The molecule has 0 fully saturated rings. The maximum atomic E-state index is 9.03. The van der Waals surface area contributed by atoms with Crippen LogP contribution in [0.2, 0.25) is 0 Å². The summed E-state index contributed by atoms with van der Waals surface area (Å²) in [7, 11) is 0. The number of rotatable bonds is 8. The van der Waals surface area contributed by atoms with Crippen LogP contribution in [-0.2, 0) is 0 Å². The maximum Gasteiger partial charge on any atom is 0.0994 e. The number of hydrogen-bond acceptors (Lipinski definition) is 5. The van der Waals surface area contributed by atoms with Gasteiger partial charge in [0.1, 0.15) is 0 Å². The molecule has 0 spiro atoms. The Labute approximate surface area is 101 Å². The van der Waals surface area contributed by atoms with Crippen molar-refractivity contribution in [2.75, 3.05) is 37.1 Å². The average Bonchev–Trinajstić information content (AvgIpc) is 2.26. The highest BCUT2D eigenvalue weighted by Gasteiger charge is 2.16. The molecule has 0 heterocycles. The first-order valence-electron chi connectivity index (χ1n) is 4.78. The molecule has 0 saturated carbocycles. The second-order valence-corrected chi connectivity index (χ2v) is 5.02. The molecule has 0 aliphatic carbocycles. The molecule has 0 aromatic heterocycles. The molecular formula is C10H17N3S2. The summed E-state index contributed by atoms with van der Waals surface area (Å²) in [6, 6.07) is 4.30. The van der Waals surface area contributed by atoms with Gasteiger partial charge in [-0.1, -0.05) is 0 Å². The summed E-state index contributed by atoms with van der Waals surface area (Å²) in [5, 5.41) is 17.7. The molecule has 0 aliphatic heterocycles. The van der Waals surface area contributed by atoms with Gasteiger partial charge >= 0.3 is 0 Å². The molecule has 0 bridgehead atoms. The summed E-state index contributed by atoms with van der Waals surface area (Å²) in [6.45, 7) is 1.18. The van der Waals surface area contributed by atoms with Crippen LogP contribution in [0.5, 0.6) is 0 Å². The van der Waals surface area contributed by atoms with Crippen molar-refractivity contribution in [3.8, 4) is 12.1 Å². The third kappa shape index (κ3) is 6.67. The van der Waals surface area contributed by atoms with Gasteiger partial charge in [0, 0.05) is 12.3 Å². The first-order valence-corrected chi connectivity index (χ1v) is 7.57. The van der Waals surface area contributed by atoms with Crippen molar-refractivity contribution in [3.05, 3.63) is 0 Å². The Morgan fingerprint density at radius 1 is 1.20 bits per heavy atom. The summed E-state index contributed by atoms with van der Waals surface area (Å²) in [4.78, 5) is 1.96. The Morgan fingerprint density at radius 2 is 1.87 bits per heavy atom. The number of thioether (sulfide) groups is 2. The zero-order valence-corrected chi connectivity index (χ0v) is 10.9. The smallest absolute Gasteiger partial charge is 0.0994 e. The monoisotopic (exact) mass is 243 g/mol. The van der Waals surface area contributed by atoms with Crippen molar-refractivity contribution in [2.24, 2.45) is 0 Å². The van der Waals surface area contributed by atoms with Gasteiger partial charge in [0.05, 0.1) is 24.7 Å². The molecule has 0 saturated heterocycles. The van der Waals surface area contributed by atoms with Crippen LogP contribution in [0.1, 0.15) is 6.42 Å². The lowest BCUT2D eigenvalue weighted by molar-refractivity contribution is 0.274. The van der Waals surface area contributed by atoms with E-state index in [1.165, 1.54) is 0 Å². The maximum absolute atomic E-state index is 9.03. The van der Waals surface area contributed by atoms with E-state index < -0.39 is 0 Å². The molecule has 0 radical (unpaired) electrons. The van der Waals surface area contributed by atoms with Gasteiger partial charge in [-0.15, -0.1) is 0 Å². The molecule has 1 atom stereocenters. The predicted molar refractivity (Wildman–Crippen MR) is 68.0 cm³/mol. The van der Waals surface area contributed by atoms with Gasteiger partial charge in [0.2, 0.25) is 0 Å². The second-order valence-electron chi connectivity index (χ2n) is 3.05. The fraction of sp³-hybridized carbons (Fsp3) is 0.800. The quantitative estimate of drug-likeness (QED) is 0.609. The Kier molecular flexibility index (Phi) is 9.92. The Balaban J connectivity index is 4.16. The molecule has 15 heavy (non-hydrogen) atoms. The van der Waals surface area contributed by atoms with Crippen LogP contribution in [0.15, 0.2) is 0 Å². The van der Waals surface area contributed by atoms with E-state index in [1.54, 1.807) is 23.5 Å². The molecule has 0 aromatic carbocycles. The van der Waals surface area contributed by atoms with Gasteiger partial charge in [0.15, 0.2) is 0 Å². The van der Waals surface area contributed by atoms with Crippen LogP contribution in [0, 0.1) is 22.7 Å². The summed E-state index contributed by atoms with van der Waals surface area (Å²) in [6.07, 6.45) is 4.91. The topological polar surface area (TPSA) is 50.8 Å². The van der Waals surface area contributed by atoms with Crippen molar-refractivity contribution >= 4 is 23.5 Å². The van der Waals surface area contributed by atoms with Gasteiger partial charge in [-0.2, -0.15) is 34.0 Å². The van der Waals surface area contributed by atoms with E-state index in [4.69, 9.17) is 10.5 Å². The summed E-state index contributed by atoms with van der Waals surface area (Å²) < 4.78 is 0. The molecule has 0 rings (SSSR count). The fourth-order valence-electron chi connectivity index (χ4n) is 1.20. The summed E-state index contributed by atoms with van der Waals surface area (Å²) >= 11 is 3.48. The largest absolute Gasteiger partial charge is 0.274 e. The van der Waals surface area contributed by atoms with Crippen LogP contribution >= 0.6 is 23.5 Å². The van der Waals surface area contributed by atoms with E-state index in [1.807, 2.05) is 17.4 Å². The number of nitriles is 2. The molecule has 0 aliphatic rings. The lowest BCUT2D eigenvalue weighted by atomic mass is 10.2. The minimum atomic E-state index is -0.107. The van der Waals surface area contributed by atoms with E-state index in [9.17, 15) is 0 Å². The van der Waals surface area contributed by atoms with Crippen molar-refractivity contribution in [1.29, 1.82) is 10.5 Å². The molecule has 3 nitrogen and oxygen atoms in total. The van der Waals surface area contributed by atoms with Crippen molar-refractivity contribution in [3.63, 3.8) is 0 Å². The third-order valence-corrected chi connectivity index (χ3v) is 3.28. The van der Waals surface area contributed by atoms with Crippen LogP contribution in [0.4, 0.5) is 0 Å². The summed E-state index contributed by atoms with van der Waals surface area (Å²) in [5.41, 5.74) is 0. The third-order valence-electron chi connectivity index (χ3n) is 2.04. The Bertz CT molecular complexity index is 232. The Hall–Kier alpha value is -0.360. The zero-order chi connectivity index (χ0) is 11.5. The lowest BCUT2D eigenvalue weighted by Crippen LogP contribution is -2.36. The van der Waals surface area contributed by atoms with E-state index in [0.717, 1.165) is 24.5 Å². The van der Waals surface area contributed by atoms with E-state index >= 15 is 0 Å². The summed E-state index contributed by atoms with van der Waals surface area (Å²) in [5.74, 6) is 1.94. The molecule has 0 amide bonds. The van der Waals surface area contributed by atoms with E-state index in [2.05, 4.69) is 12.1 Å². The van der Waals surface area contributed by atoms with Crippen molar-refractivity contribution < 1.29 is 0 Å². The van der Waals surface area contributed by atoms with Gasteiger partial charge < -0.3 is 0 Å². The van der Waals surface area contributed by atoms with E-state index in [0.29, 0.717) is 6.54 Å². The highest BCUT2D eigenvalue weighted by atomic mass is 32.2. The van der Waals surface area contributed by atoms with Crippen LogP contribution in [-0.4, -0.2) is 48.0 Å². The first-order chi connectivity index (χ1) is 7.29. The molecular weight excluding hydrogens is 226 g/mol. The molecule has 1 unspecified atom stereocenters. The van der Waals surface area contributed by atoms with Gasteiger partial charge in [-0.25, -0.2) is 0 Å². The molecule has 5 heteroatoms. The SMILES string of the molecule is CSCCC(C#N)N(CC#N)CCSC. The predicted octanol–water partition coefficient (Wildman–Crippen LogP) is 1.82. The van der Waals surface area contributed by atoms with Crippen LogP contribution in [0.25, 0.3) is 0 Å². The van der Waals surface area contributed by atoms with Crippen molar-refractivity contribution in [1.82, 2.24) is 4.90 Å². The normalized spacial score (nSPS) is 12.1. The minimum Gasteiger partial charge on any atom is -0.274 e. The lowest BCUT2D eigenvalue weighted by Gasteiger charge is -2.23. The molecule has 0 aromatic rings.